The smallest absolute Gasteiger partial charge is 0.268 e. The van der Waals surface area contributed by atoms with Crippen LogP contribution in [0.4, 0.5) is 4.39 Å². The first kappa shape index (κ1) is 21.7. The van der Waals surface area contributed by atoms with E-state index in [2.05, 4.69) is 4.98 Å². The van der Waals surface area contributed by atoms with Crippen LogP contribution in [0.3, 0.4) is 0 Å². The van der Waals surface area contributed by atoms with E-state index in [4.69, 9.17) is 25.8 Å². The summed E-state index contributed by atoms with van der Waals surface area (Å²) >= 11 is 6.07. The van der Waals surface area contributed by atoms with Gasteiger partial charge in [-0.3, -0.25) is 4.79 Å². The third kappa shape index (κ3) is 5.70. The van der Waals surface area contributed by atoms with E-state index in [9.17, 15) is 17.6 Å². The Bertz CT molecular complexity index is 997. The minimum Gasteiger partial charge on any atom is -0.496 e. The summed E-state index contributed by atoms with van der Waals surface area (Å²) in [6.07, 6.45) is 1.96. The van der Waals surface area contributed by atoms with E-state index < -0.39 is 21.7 Å². The van der Waals surface area contributed by atoms with Gasteiger partial charge in [-0.2, -0.15) is 0 Å². The molecule has 0 fully saturated rings. The summed E-state index contributed by atoms with van der Waals surface area (Å²) in [5.41, 5.74) is -0.311. The molecule has 0 aliphatic rings. The summed E-state index contributed by atoms with van der Waals surface area (Å²) in [5, 5.41) is 0.169. The van der Waals surface area contributed by atoms with Crippen molar-refractivity contribution in [3.63, 3.8) is 0 Å². The SMILES string of the molecule is COc1cc(Oc2cnc(OC(C)C)c(Cl)c2)c(F)cc1C(=O)NS(C)(=O)=O. The van der Waals surface area contributed by atoms with Crippen molar-refractivity contribution in [2.75, 3.05) is 13.4 Å². The highest BCUT2D eigenvalue weighted by atomic mass is 35.5. The molecule has 152 valence electrons. The Labute approximate surface area is 166 Å². The third-order valence-corrected chi connectivity index (χ3v) is 3.96. The molecule has 2 rings (SSSR count). The summed E-state index contributed by atoms with van der Waals surface area (Å²) in [6, 6.07) is 3.31. The van der Waals surface area contributed by atoms with Crippen LogP contribution >= 0.6 is 11.6 Å². The molecule has 2 aromatic rings. The highest BCUT2D eigenvalue weighted by Gasteiger charge is 2.20. The van der Waals surface area contributed by atoms with Crippen LogP contribution in [0.5, 0.6) is 23.1 Å². The molecular weight excluding hydrogens is 415 g/mol. The first-order chi connectivity index (χ1) is 13.0. The summed E-state index contributed by atoms with van der Waals surface area (Å²) in [4.78, 5) is 16.0. The van der Waals surface area contributed by atoms with Crippen LogP contribution < -0.4 is 18.9 Å². The number of nitrogens with zero attached hydrogens (tertiary/aromatic N) is 1. The average molecular weight is 433 g/mol. The fourth-order valence-electron chi connectivity index (χ4n) is 2.08. The van der Waals surface area contributed by atoms with E-state index in [-0.39, 0.29) is 39.8 Å². The summed E-state index contributed by atoms with van der Waals surface area (Å²) in [5.74, 6) is -1.99. The van der Waals surface area contributed by atoms with Gasteiger partial charge in [-0.15, -0.1) is 0 Å². The maximum atomic E-state index is 14.4. The van der Waals surface area contributed by atoms with Gasteiger partial charge in [0.1, 0.15) is 16.5 Å². The molecule has 1 N–H and O–H groups in total. The van der Waals surface area contributed by atoms with Crippen molar-refractivity contribution in [2.45, 2.75) is 20.0 Å². The number of nitrogens with one attached hydrogen (secondary N) is 1. The van der Waals surface area contributed by atoms with Gasteiger partial charge in [0.25, 0.3) is 5.91 Å². The molecular formula is C17H18ClFN2O6S. The van der Waals surface area contributed by atoms with Gasteiger partial charge in [0, 0.05) is 12.1 Å². The van der Waals surface area contributed by atoms with Crippen molar-refractivity contribution in [3.8, 4) is 23.1 Å². The topological polar surface area (TPSA) is 104 Å². The van der Waals surface area contributed by atoms with Gasteiger partial charge in [-0.1, -0.05) is 11.6 Å². The number of methoxy groups -OCH3 is 1. The van der Waals surface area contributed by atoms with Crippen LogP contribution in [0.1, 0.15) is 24.2 Å². The Kier molecular flexibility index (Phi) is 6.68. The van der Waals surface area contributed by atoms with Crippen LogP contribution in [-0.4, -0.2) is 38.8 Å². The number of amides is 1. The number of hydrogen-bond donors (Lipinski definition) is 1. The third-order valence-electron chi connectivity index (χ3n) is 3.13. The van der Waals surface area contributed by atoms with Crippen molar-refractivity contribution in [1.29, 1.82) is 0 Å². The number of sulfonamides is 1. The number of ether oxygens (including phenoxy) is 3. The second-order valence-corrected chi connectivity index (χ2v) is 8.07. The molecule has 0 saturated heterocycles. The van der Waals surface area contributed by atoms with E-state index in [1.165, 1.54) is 19.4 Å². The summed E-state index contributed by atoms with van der Waals surface area (Å²) in [6.45, 7) is 3.62. The van der Waals surface area contributed by atoms with E-state index in [0.29, 0.717) is 0 Å². The van der Waals surface area contributed by atoms with E-state index in [0.717, 1.165) is 18.4 Å². The lowest BCUT2D eigenvalue weighted by Crippen LogP contribution is -2.29. The predicted octanol–water partition coefficient (Wildman–Crippen LogP) is 3.15. The molecule has 0 radical (unpaired) electrons. The lowest BCUT2D eigenvalue weighted by molar-refractivity contribution is 0.0978. The van der Waals surface area contributed by atoms with Crippen LogP contribution in [0, 0.1) is 5.82 Å². The number of aromatic nitrogens is 1. The molecule has 0 unspecified atom stereocenters. The molecule has 0 saturated carbocycles. The molecule has 1 aromatic heterocycles. The second kappa shape index (κ2) is 8.61. The highest BCUT2D eigenvalue weighted by Crippen LogP contribution is 2.34. The number of rotatable bonds is 7. The lowest BCUT2D eigenvalue weighted by atomic mass is 10.1. The van der Waals surface area contributed by atoms with E-state index in [1.807, 2.05) is 13.8 Å². The molecule has 0 aliphatic carbocycles. The zero-order valence-corrected chi connectivity index (χ0v) is 17.0. The number of carbonyl (C=O) groups is 1. The maximum absolute atomic E-state index is 14.4. The monoisotopic (exact) mass is 432 g/mol. The van der Waals surface area contributed by atoms with E-state index in [1.54, 1.807) is 4.72 Å². The van der Waals surface area contributed by atoms with Crippen LogP contribution in [-0.2, 0) is 10.0 Å². The Morgan fingerprint density at radius 2 is 1.93 bits per heavy atom. The van der Waals surface area contributed by atoms with Crippen LogP contribution in [0.2, 0.25) is 5.02 Å². The number of halogens is 2. The van der Waals surface area contributed by atoms with Crippen molar-refractivity contribution >= 4 is 27.5 Å². The molecule has 1 heterocycles. The molecule has 11 heteroatoms. The molecule has 0 aliphatic heterocycles. The zero-order chi connectivity index (χ0) is 21.1. The minimum absolute atomic E-state index is 0.0867. The first-order valence-corrected chi connectivity index (χ1v) is 10.2. The molecule has 0 atom stereocenters. The van der Waals surface area contributed by atoms with Gasteiger partial charge in [-0.05, 0) is 19.9 Å². The normalized spacial score (nSPS) is 11.2. The number of hydrogen-bond acceptors (Lipinski definition) is 7. The second-order valence-electron chi connectivity index (χ2n) is 5.91. The van der Waals surface area contributed by atoms with E-state index >= 15 is 0 Å². The Hall–Kier alpha value is -2.59. The number of carbonyl (C=O) groups excluding carboxylic acids is 1. The molecule has 1 amide bonds. The Balaban J connectivity index is 2.32. The molecule has 0 bridgehead atoms. The summed E-state index contributed by atoms with van der Waals surface area (Å²) < 4.78 is 54.4. The molecule has 28 heavy (non-hydrogen) atoms. The van der Waals surface area contributed by atoms with Gasteiger partial charge in [-0.25, -0.2) is 22.5 Å². The fraction of sp³-hybridized carbons (Fsp3) is 0.294. The first-order valence-electron chi connectivity index (χ1n) is 7.90. The lowest BCUT2D eigenvalue weighted by Gasteiger charge is -2.14. The Morgan fingerprint density at radius 3 is 2.46 bits per heavy atom. The van der Waals surface area contributed by atoms with Gasteiger partial charge in [0.2, 0.25) is 15.9 Å². The van der Waals surface area contributed by atoms with Crippen LogP contribution in [0.15, 0.2) is 24.4 Å². The van der Waals surface area contributed by atoms with Crippen molar-refractivity contribution in [1.82, 2.24) is 9.71 Å². The number of pyridine rings is 1. The minimum atomic E-state index is -3.83. The molecule has 8 nitrogen and oxygen atoms in total. The van der Waals surface area contributed by atoms with Gasteiger partial charge < -0.3 is 14.2 Å². The van der Waals surface area contributed by atoms with Gasteiger partial charge >= 0.3 is 0 Å². The quantitative estimate of drug-likeness (QED) is 0.716. The highest BCUT2D eigenvalue weighted by molar-refractivity contribution is 7.89. The van der Waals surface area contributed by atoms with Crippen LogP contribution in [0.25, 0.3) is 0 Å². The van der Waals surface area contributed by atoms with Crippen molar-refractivity contribution in [3.05, 3.63) is 40.8 Å². The van der Waals surface area contributed by atoms with Gasteiger partial charge in [0.05, 0.1) is 31.2 Å². The average Bonchev–Trinajstić information content (AvgIpc) is 2.56. The predicted molar refractivity (Wildman–Crippen MR) is 100 cm³/mol. The number of benzene rings is 1. The fourth-order valence-corrected chi connectivity index (χ4v) is 2.73. The van der Waals surface area contributed by atoms with Gasteiger partial charge in [0.15, 0.2) is 11.6 Å². The Morgan fingerprint density at radius 1 is 1.25 bits per heavy atom. The summed E-state index contributed by atoms with van der Waals surface area (Å²) in [7, 11) is -2.59. The largest absolute Gasteiger partial charge is 0.496 e. The zero-order valence-electron chi connectivity index (χ0n) is 15.4. The maximum Gasteiger partial charge on any atom is 0.268 e. The van der Waals surface area contributed by atoms with Crippen molar-refractivity contribution < 1.29 is 31.8 Å². The van der Waals surface area contributed by atoms with Crippen molar-refractivity contribution in [2.24, 2.45) is 0 Å². The molecule has 1 aromatic carbocycles. The molecule has 0 spiro atoms. The standard InChI is InChI=1S/C17H18ClFN2O6S/c1-9(2)26-17-12(18)5-10(8-20-17)27-15-7-14(25-3)11(6-13(15)19)16(22)21-28(4,23)24/h5-9H,1-4H3,(H,21,22).